The van der Waals surface area contributed by atoms with E-state index in [-0.39, 0.29) is 24.8 Å². The van der Waals surface area contributed by atoms with Crippen LogP contribution in [0, 0.1) is 0 Å². The van der Waals surface area contributed by atoms with E-state index < -0.39 is 0 Å². The van der Waals surface area contributed by atoms with Crippen molar-refractivity contribution in [2.45, 2.75) is 6.04 Å². The lowest BCUT2D eigenvalue weighted by molar-refractivity contribution is 0.0909. The van der Waals surface area contributed by atoms with Crippen LogP contribution >= 0.6 is 24.8 Å². The van der Waals surface area contributed by atoms with Crippen molar-refractivity contribution in [1.29, 1.82) is 0 Å². The molecule has 0 bridgehead atoms. The van der Waals surface area contributed by atoms with Crippen LogP contribution in [0.5, 0.6) is 0 Å². The molecule has 0 aromatic rings. The number of piperazine rings is 1. The van der Waals surface area contributed by atoms with Gasteiger partial charge < -0.3 is 10.1 Å². The molecule has 3 nitrogen and oxygen atoms in total. The number of methoxy groups -OCH3 is 1. The van der Waals surface area contributed by atoms with Gasteiger partial charge in [-0.3, -0.25) is 4.90 Å². The lowest BCUT2D eigenvalue weighted by atomic mass is 10.2. The first-order valence-corrected chi connectivity index (χ1v) is 3.74. The number of hydrogen-bond donors (Lipinski definition) is 1. The minimum absolute atomic E-state index is 0. The molecular weight excluding hydrogens is 199 g/mol. The Bertz CT molecular complexity index is 103. The van der Waals surface area contributed by atoms with E-state index in [9.17, 15) is 0 Å². The fraction of sp³-hybridized carbons (Fsp3) is 1.00. The summed E-state index contributed by atoms with van der Waals surface area (Å²) in [5, 5.41) is 3.33. The van der Waals surface area contributed by atoms with E-state index >= 15 is 0 Å². The molecule has 1 fully saturated rings. The van der Waals surface area contributed by atoms with Gasteiger partial charge in [-0.25, -0.2) is 0 Å². The van der Waals surface area contributed by atoms with Crippen LogP contribution in [0.3, 0.4) is 0 Å². The van der Waals surface area contributed by atoms with E-state index in [2.05, 4.69) is 17.3 Å². The summed E-state index contributed by atoms with van der Waals surface area (Å²) in [6.07, 6.45) is 0. The van der Waals surface area contributed by atoms with Crippen LogP contribution in [0.2, 0.25) is 0 Å². The molecular formula is C7H18Cl2N2O. The Morgan fingerprint density at radius 3 is 2.67 bits per heavy atom. The van der Waals surface area contributed by atoms with Crippen molar-refractivity contribution in [1.82, 2.24) is 10.2 Å². The van der Waals surface area contributed by atoms with E-state index in [4.69, 9.17) is 4.74 Å². The number of halogens is 2. The Morgan fingerprint density at radius 1 is 1.50 bits per heavy atom. The molecule has 1 heterocycles. The summed E-state index contributed by atoms with van der Waals surface area (Å²) in [7, 11) is 3.90. The molecule has 1 rings (SSSR count). The Morgan fingerprint density at radius 2 is 2.17 bits per heavy atom. The van der Waals surface area contributed by atoms with Gasteiger partial charge in [-0.15, -0.1) is 24.8 Å². The van der Waals surface area contributed by atoms with Gasteiger partial charge in [-0.05, 0) is 7.05 Å². The van der Waals surface area contributed by atoms with Crippen LogP contribution in [0.25, 0.3) is 0 Å². The van der Waals surface area contributed by atoms with Crippen molar-refractivity contribution in [2.75, 3.05) is 40.4 Å². The molecule has 0 saturated carbocycles. The first-order chi connectivity index (χ1) is 4.84. The summed E-state index contributed by atoms with van der Waals surface area (Å²) in [6, 6.07) is 0.568. The van der Waals surface area contributed by atoms with Gasteiger partial charge >= 0.3 is 0 Å². The highest BCUT2D eigenvalue weighted by Crippen LogP contribution is 1.98. The van der Waals surface area contributed by atoms with Crippen LogP contribution in [-0.4, -0.2) is 51.3 Å². The third kappa shape index (κ3) is 4.48. The zero-order valence-corrected chi connectivity index (χ0v) is 9.21. The minimum atomic E-state index is 0. The summed E-state index contributed by atoms with van der Waals surface area (Å²) in [6.45, 7) is 4.14. The second-order valence-corrected chi connectivity index (χ2v) is 2.79. The van der Waals surface area contributed by atoms with E-state index in [0.29, 0.717) is 6.04 Å². The lowest BCUT2D eigenvalue weighted by Crippen LogP contribution is -2.51. The van der Waals surface area contributed by atoms with Crippen LogP contribution in [-0.2, 0) is 4.74 Å². The van der Waals surface area contributed by atoms with Crippen LogP contribution in [0.4, 0.5) is 0 Å². The molecule has 0 amide bonds. The topological polar surface area (TPSA) is 24.5 Å². The minimum Gasteiger partial charge on any atom is -0.383 e. The molecule has 1 atom stereocenters. The first kappa shape index (κ1) is 15.0. The van der Waals surface area contributed by atoms with Gasteiger partial charge in [0.15, 0.2) is 0 Å². The van der Waals surface area contributed by atoms with Crippen LogP contribution < -0.4 is 5.32 Å². The molecule has 1 N–H and O–H groups in total. The van der Waals surface area contributed by atoms with Crippen molar-refractivity contribution >= 4 is 24.8 Å². The third-order valence-corrected chi connectivity index (χ3v) is 2.00. The molecule has 5 heteroatoms. The van der Waals surface area contributed by atoms with Crippen molar-refractivity contribution < 1.29 is 4.74 Å². The molecule has 1 aliphatic rings. The highest BCUT2D eigenvalue weighted by molar-refractivity contribution is 5.85. The van der Waals surface area contributed by atoms with Gasteiger partial charge in [0, 0.05) is 32.8 Å². The van der Waals surface area contributed by atoms with Gasteiger partial charge in [-0.1, -0.05) is 0 Å². The van der Waals surface area contributed by atoms with Gasteiger partial charge in [0.1, 0.15) is 0 Å². The van der Waals surface area contributed by atoms with Gasteiger partial charge in [0.2, 0.25) is 0 Å². The van der Waals surface area contributed by atoms with E-state index in [1.54, 1.807) is 7.11 Å². The second-order valence-electron chi connectivity index (χ2n) is 2.79. The Hall–Kier alpha value is 0.460. The molecule has 12 heavy (non-hydrogen) atoms. The molecule has 0 radical (unpaired) electrons. The smallest absolute Gasteiger partial charge is 0.0630 e. The second kappa shape index (κ2) is 8.08. The Labute approximate surface area is 86.7 Å². The summed E-state index contributed by atoms with van der Waals surface area (Å²) < 4.78 is 5.07. The maximum absolute atomic E-state index is 5.07. The number of hydrogen-bond acceptors (Lipinski definition) is 3. The van der Waals surface area contributed by atoms with Crippen molar-refractivity contribution in [3.8, 4) is 0 Å². The average Bonchev–Trinajstić information content (AvgIpc) is 1.94. The van der Waals surface area contributed by atoms with E-state index in [1.807, 2.05) is 0 Å². The molecule has 0 aromatic heterocycles. The van der Waals surface area contributed by atoms with Crippen LogP contribution in [0.15, 0.2) is 0 Å². The largest absolute Gasteiger partial charge is 0.383 e. The molecule has 0 unspecified atom stereocenters. The summed E-state index contributed by atoms with van der Waals surface area (Å²) in [5.74, 6) is 0. The first-order valence-electron chi connectivity index (χ1n) is 3.74. The Balaban J connectivity index is 0. The SMILES string of the molecule is COC[C@H]1CNCCN1C.Cl.Cl. The van der Waals surface area contributed by atoms with Crippen LogP contribution in [0.1, 0.15) is 0 Å². The molecule has 0 aromatic carbocycles. The van der Waals surface area contributed by atoms with E-state index in [0.717, 1.165) is 26.2 Å². The molecule has 0 aliphatic carbocycles. The predicted molar refractivity (Wildman–Crippen MR) is 55.7 cm³/mol. The highest BCUT2D eigenvalue weighted by Gasteiger charge is 2.17. The summed E-state index contributed by atoms with van der Waals surface area (Å²) in [5.41, 5.74) is 0. The fourth-order valence-electron chi connectivity index (χ4n) is 1.24. The molecule has 1 saturated heterocycles. The summed E-state index contributed by atoms with van der Waals surface area (Å²) in [4.78, 5) is 2.33. The zero-order valence-electron chi connectivity index (χ0n) is 7.58. The molecule has 76 valence electrons. The van der Waals surface area contributed by atoms with Gasteiger partial charge in [0.05, 0.1) is 6.61 Å². The predicted octanol–water partition coefficient (Wildman–Crippen LogP) is 0.380. The zero-order chi connectivity index (χ0) is 7.40. The highest BCUT2D eigenvalue weighted by atomic mass is 35.5. The van der Waals surface area contributed by atoms with E-state index in [1.165, 1.54) is 0 Å². The quantitative estimate of drug-likeness (QED) is 0.723. The molecule has 1 aliphatic heterocycles. The monoisotopic (exact) mass is 216 g/mol. The number of rotatable bonds is 2. The average molecular weight is 217 g/mol. The van der Waals surface area contributed by atoms with Gasteiger partial charge in [-0.2, -0.15) is 0 Å². The fourth-order valence-corrected chi connectivity index (χ4v) is 1.24. The van der Waals surface area contributed by atoms with Gasteiger partial charge in [0.25, 0.3) is 0 Å². The number of likely N-dealkylation sites (N-methyl/N-ethyl adjacent to an activating group) is 1. The lowest BCUT2D eigenvalue weighted by Gasteiger charge is -2.32. The normalized spacial score (nSPS) is 24.0. The van der Waals surface area contributed by atoms with Crippen molar-refractivity contribution in [3.63, 3.8) is 0 Å². The van der Waals surface area contributed by atoms with Crippen molar-refractivity contribution in [2.24, 2.45) is 0 Å². The maximum atomic E-state index is 5.07. The number of ether oxygens (including phenoxy) is 1. The third-order valence-electron chi connectivity index (χ3n) is 2.00. The maximum Gasteiger partial charge on any atom is 0.0630 e. The number of nitrogens with zero attached hydrogens (tertiary/aromatic N) is 1. The standard InChI is InChI=1S/C7H16N2O.2ClH/c1-9-4-3-8-5-7(9)6-10-2;;/h7-8H,3-6H2,1-2H3;2*1H/t7-;;/m1../s1. The number of nitrogens with one attached hydrogen (secondary N) is 1. The Kier molecular flexibility index (Phi) is 10.1. The van der Waals surface area contributed by atoms with Crippen molar-refractivity contribution in [3.05, 3.63) is 0 Å². The molecule has 0 spiro atoms. The summed E-state index contributed by atoms with van der Waals surface area (Å²) >= 11 is 0.